The minimum Gasteiger partial charge on any atom is -0.386 e. The first-order valence-corrected chi connectivity index (χ1v) is 8.99. The highest BCUT2D eigenvalue weighted by molar-refractivity contribution is 5.79. The number of rotatable bonds is 8. The Bertz CT molecular complexity index is 638. The summed E-state index contributed by atoms with van der Waals surface area (Å²) >= 11 is 0. The van der Waals surface area contributed by atoms with E-state index in [4.69, 9.17) is 0 Å². The molecule has 2 aromatic carbocycles. The second-order valence-electron chi connectivity index (χ2n) is 6.16. The summed E-state index contributed by atoms with van der Waals surface area (Å²) < 4.78 is 0. The molecule has 4 heteroatoms. The molecule has 4 nitrogen and oxygen atoms in total. The highest BCUT2D eigenvalue weighted by Gasteiger charge is 2.07. The number of aliphatic hydroxyl groups is 1. The Balaban J connectivity index is 1.80. The summed E-state index contributed by atoms with van der Waals surface area (Å²) in [6, 6.07) is 18.4. The first-order valence-electron chi connectivity index (χ1n) is 8.99. The van der Waals surface area contributed by atoms with Crippen molar-refractivity contribution in [3.05, 3.63) is 71.3 Å². The summed E-state index contributed by atoms with van der Waals surface area (Å²) in [5.74, 6) is 0.752. The molecule has 0 saturated carbocycles. The van der Waals surface area contributed by atoms with Crippen LogP contribution in [0.5, 0.6) is 0 Å². The molecule has 0 heterocycles. The van der Waals surface area contributed by atoms with E-state index in [1.54, 1.807) is 0 Å². The predicted octanol–water partition coefficient (Wildman–Crippen LogP) is 3.22. The average Bonchev–Trinajstić information content (AvgIpc) is 2.64. The van der Waals surface area contributed by atoms with Gasteiger partial charge in [-0.3, -0.25) is 4.99 Å². The molecule has 0 saturated heterocycles. The van der Waals surface area contributed by atoms with Crippen molar-refractivity contribution in [3.8, 4) is 0 Å². The number of nitrogens with one attached hydrogen (secondary N) is 2. The fourth-order valence-corrected chi connectivity index (χ4v) is 2.56. The van der Waals surface area contributed by atoms with Crippen molar-refractivity contribution in [2.45, 2.75) is 32.8 Å². The SMILES string of the molecule is CCNC(=NCC(O)c1ccc(C)cc1)NCCCc1ccccc1. The summed E-state index contributed by atoms with van der Waals surface area (Å²) in [7, 11) is 0. The minimum absolute atomic E-state index is 0.344. The molecule has 1 unspecified atom stereocenters. The number of hydrogen-bond donors (Lipinski definition) is 3. The van der Waals surface area contributed by atoms with Crippen molar-refractivity contribution >= 4 is 5.96 Å². The zero-order chi connectivity index (χ0) is 17.9. The van der Waals surface area contributed by atoms with E-state index >= 15 is 0 Å². The maximum absolute atomic E-state index is 10.3. The first-order chi connectivity index (χ1) is 12.2. The lowest BCUT2D eigenvalue weighted by molar-refractivity contribution is 0.187. The molecule has 0 aromatic heterocycles. The first kappa shape index (κ1) is 19.0. The van der Waals surface area contributed by atoms with Gasteiger partial charge in [0.2, 0.25) is 0 Å². The van der Waals surface area contributed by atoms with E-state index in [1.807, 2.05) is 44.2 Å². The maximum atomic E-state index is 10.3. The summed E-state index contributed by atoms with van der Waals surface area (Å²) in [4.78, 5) is 4.50. The van der Waals surface area contributed by atoms with Crippen molar-refractivity contribution in [2.75, 3.05) is 19.6 Å². The number of nitrogens with zero attached hydrogens (tertiary/aromatic N) is 1. The third-order valence-corrected chi connectivity index (χ3v) is 4.01. The third-order valence-electron chi connectivity index (χ3n) is 4.01. The van der Waals surface area contributed by atoms with Crippen LogP contribution in [0.1, 0.15) is 36.1 Å². The van der Waals surface area contributed by atoms with Crippen molar-refractivity contribution in [3.63, 3.8) is 0 Å². The monoisotopic (exact) mass is 339 g/mol. The molecule has 0 aliphatic heterocycles. The van der Waals surface area contributed by atoms with Crippen LogP contribution in [0.25, 0.3) is 0 Å². The lowest BCUT2D eigenvalue weighted by Gasteiger charge is -2.13. The molecule has 1 atom stereocenters. The van der Waals surface area contributed by atoms with E-state index < -0.39 is 6.10 Å². The molecular formula is C21H29N3O. The fraction of sp³-hybridized carbons (Fsp3) is 0.381. The van der Waals surface area contributed by atoms with Gasteiger partial charge in [0.25, 0.3) is 0 Å². The molecule has 134 valence electrons. The molecule has 0 bridgehead atoms. The average molecular weight is 339 g/mol. The quantitative estimate of drug-likeness (QED) is 0.393. The van der Waals surface area contributed by atoms with Crippen LogP contribution in [-0.4, -0.2) is 30.7 Å². The topological polar surface area (TPSA) is 56.7 Å². The van der Waals surface area contributed by atoms with E-state index in [-0.39, 0.29) is 0 Å². The van der Waals surface area contributed by atoms with E-state index in [9.17, 15) is 5.11 Å². The lowest BCUT2D eigenvalue weighted by atomic mass is 10.1. The zero-order valence-electron chi connectivity index (χ0n) is 15.2. The Morgan fingerprint density at radius 2 is 1.76 bits per heavy atom. The number of aliphatic hydroxyl groups excluding tert-OH is 1. The summed E-state index contributed by atoms with van der Waals surface area (Å²) in [6.45, 7) is 6.07. The summed E-state index contributed by atoms with van der Waals surface area (Å²) in [5.41, 5.74) is 3.43. The molecular weight excluding hydrogens is 310 g/mol. The third kappa shape index (κ3) is 6.98. The Kier molecular flexibility index (Phi) is 7.99. The highest BCUT2D eigenvalue weighted by Crippen LogP contribution is 2.13. The number of guanidine groups is 1. The molecule has 0 fully saturated rings. The van der Waals surface area contributed by atoms with Crippen LogP contribution in [-0.2, 0) is 6.42 Å². The summed E-state index contributed by atoms with van der Waals surface area (Å²) in [6.07, 6.45) is 1.49. The van der Waals surface area contributed by atoms with Crippen LogP contribution in [0.3, 0.4) is 0 Å². The highest BCUT2D eigenvalue weighted by atomic mass is 16.3. The van der Waals surface area contributed by atoms with Gasteiger partial charge >= 0.3 is 0 Å². The predicted molar refractivity (Wildman–Crippen MR) is 105 cm³/mol. The van der Waals surface area contributed by atoms with Gasteiger partial charge in [0.05, 0.1) is 12.6 Å². The van der Waals surface area contributed by atoms with Gasteiger partial charge in [-0.05, 0) is 37.8 Å². The molecule has 0 amide bonds. The lowest BCUT2D eigenvalue weighted by Crippen LogP contribution is -2.38. The number of benzene rings is 2. The number of aliphatic imine (C=N–C) groups is 1. The Hall–Kier alpha value is -2.33. The Morgan fingerprint density at radius 3 is 2.44 bits per heavy atom. The molecule has 0 radical (unpaired) electrons. The number of hydrogen-bond acceptors (Lipinski definition) is 2. The van der Waals surface area contributed by atoms with Gasteiger partial charge in [-0.2, -0.15) is 0 Å². The van der Waals surface area contributed by atoms with Crippen LogP contribution in [0.4, 0.5) is 0 Å². The van der Waals surface area contributed by atoms with E-state index in [1.165, 1.54) is 11.1 Å². The van der Waals surface area contributed by atoms with E-state index in [0.717, 1.165) is 37.5 Å². The van der Waals surface area contributed by atoms with Crippen molar-refractivity contribution in [1.29, 1.82) is 0 Å². The van der Waals surface area contributed by atoms with E-state index in [0.29, 0.717) is 6.54 Å². The normalized spacial score (nSPS) is 12.7. The Morgan fingerprint density at radius 1 is 1.04 bits per heavy atom. The molecule has 3 N–H and O–H groups in total. The van der Waals surface area contributed by atoms with Crippen molar-refractivity contribution in [1.82, 2.24) is 10.6 Å². The number of aryl methyl sites for hydroxylation is 2. The van der Waals surface area contributed by atoms with Crippen molar-refractivity contribution < 1.29 is 5.11 Å². The van der Waals surface area contributed by atoms with E-state index in [2.05, 4.69) is 39.9 Å². The van der Waals surface area contributed by atoms with Gasteiger partial charge in [0, 0.05) is 13.1 Å². The van der Waals surface area contributed by atoms with Crippen LogP contribution in [0.15, 0.2) is 59.6 Å². The molecule has 0 spiro atoms. The van der Waals surface area contributed by atoms with Crippen LogP contribution >= 0.6 is 0 Å². The zero-order valence-corrected chi connectivity index (χ0v) is 15.2. The minimum atomic E-state index is -0.583. The molecule has 0 aliphatic carbocycles. The summed E-state index contributed by atoms with van der Waals surface area (Å²) in [5, 5.41) is 16.8. The standard InChI is InChI=1S/C21H29N3O/c1-3-22-21(23-15-7-10-18-8-5-4-6-9-18)24-16-20(25)19-13-11-17(2)12-14-19/h4-6,8-9,11-14,20,25H,3,7,10,15-16H2,1-2H3,(H2,22,23,24). The Labute approximate surface area is 151 Å². The van der Waals surface area contributed by atoms with Gasteiger partial charge in [0.1, 0.15) is 0 Å². The van der Waals surface area contributed by atoms with Gasteiger partial charge < -0.3 is 15.7 Å². The fourth-order valence-electron chi connectivity index (χ4n) is 2.56. The molecule has 2 rings (SSSR count). The molecule has 25 heavy (non-hydrogen) atoms. The van der Waals surface area contributed by atoms with Crippen LogP contribution in [0, 0.1) is 6.92 Å². The van der Waals surface area contributed by atoms with Gasteiger partial charge in [-0.25, -0.2) is 0 Å². The van der Waals surface area contributed by atoms with Crippen molar-refractivity contribution in [2.24, 2.45) is 4.99 Å². The smallest absolute Gasteiger partial charge is 0.191 e. The van der Waals surface area contributed by atoms with Gasteiger partial charge in [0.15, 0.2) is 5.96 Å². The molecule has 2 aromatic rings. The largest absolute Gasteiger partial charge is 0.386 e. The second kappa shape index (κ2) is 10.5. The van der Waals surface area contributed by atoms with Crippen LogP contribution < -0.4 is 10.6 Å². The van der Waals surface area contributed by atoms with Gasteiger partial charge in [-0.15, -0.1) is 0 Å². The van der Waals surface area contributed by atoms with Crippen LogP contribution in [0.2, 0.25) is 0 Å². The molecule has 0 aliphatic rings. The maximum Gasteiger partial charge on any atom is 0.191 e. The second-order valence-corrected chi connectivity index (χ2v) is 6.16. The van der Waals surface area contributed by atoms with Gasteiger partial charge in [-0.1, -0.05) is 60.2 Å².